The molecule has 1 fully saturated rings. The van der Waals surface area contributed by atoms with Crippen molar-refractivity contribution in [2.75, 3.05) is 26.2 Å². The summed E-state index contributed by atoms with van der Waals surface area (Å²) in [4.78, 5) is 6.64. The molecule has 0 amide bonds. The maximum Gasteiger partial charge on any atom is 0.141 e. The van der Waals surface area contributed by atoms with Crippen LogP contribution in [0.1, 0.15) is 32.5 Å². The van der Waals surface area contributed by atoms with E-state index in [1.165, 1.54) is 12.8 Å². The van der Waals surface area contributed by atoms with Crippen molar-refractivity contribution in [2.45, 2.75) is 45.8 Å². The summed E-state index contributed by atoms with van der Waals surface area (Å²) in [6.45, 7) is 8.96. The van der Waals surface area contributed by atoms with Crippen molar-refractivity contribution in [1.29, 1.82) is 0 Å². The second-order valence-corrected chi connectivity index (χ2v) is 6.00. The van der Waals surface area contributed by atoms with E-state index in [1.807, 2.05) is 4.68 Å². The van der Waals surface area contributed by atoms with E-state index in [-0.39, 0.29) is 6.61 Å². The van der Waals surface area contributed by atoms with Crippen LogP contribution in [0.15, 0.2) is 6.33 Å². The Hall–Kier alpha value is -0.980. The molecular formula is C14H27N5O. The highest BCUT2D eigenvalue weighted by molar-refractivity contribution is 4.87. The molecule has 1 atom stereocenters. The van der Waals surface area contributed by atoms with E-state index in [0.717, 1.165) is 32.0 Å². The second kappa shape index (κ2) is 7.71. The van der Waals surface area contributed by atoms with Gasteiger partial charge >= 0.3 is 0 Å². The molecule has 2 heterocycles. The standard InChI is InChI=1S/C14H27N5O/c1-12(2)8-19-14(16-11-17-19)10-18(6-7-20)9-13-4-3-5-15-13/h11-13,15,20H,3-10H2,1-2H3. The van der Waals surface area contributed by atoms with Crippen LogP contribution in [0.4, 0.5) is 0 Å². The number of hydrogen-bond acceptors (Lipinski definition) is 5. The minimum Gasteiger partial charge on any atom is -0.395 e. The van der Waals surface area contributed by atoms with Gasteiger partial charge in [0.1, 0.15) is 12.2 Å². The predicted molar refractivity (Wildman–Crippen MR) is 78.2 cm³/mol. The Kier molecular flexibility index (Phi) is 5.94. The Morgan fingerprint density at radius 2 is 2.40 bits per heavy atom. The van der Waals surface area contributed by atoms with Gasteiger partial charge in [-0.3, -0.25) is 4.90 Å². The Morgan fingerprint density at radius 1 is 1.55 bits per heavy atom. The molecule has 1 aliphatic heterocycles. The molecule has 0 radical (unpaired) electrons. The lowest BCUT2D eigenvalue weighted by Crippen LogP contribution is -2.39. The maximum absolute atomic E-state index is 9.25. The van der Waals surface area contributed by atoms with Crippen LogP contribution in [0.2, 0.25) is 0 Å². The van der Waals surface area contributed by atoms with Crippen LogP contribution in [0.25, 0.3) is 0 Å². The fourth-order valence-corrected chi connectivity index (χ4v) is 2.71. The molecule has 1 unspecified atom stereocenters. The zero-order valence-electron chi connectivity index (χ0n) is 12.6. The third-order valence-corrected chi connectivity index (χ3v) is 3.66. The molecular weight excluding hydrogens is 254 g/mol. The first-order chi connectivity index (χ1) is 9.69. The van der Waals surface area contributed by atoms with Crippen LogP contribution in [-0.4, -0.2) is 57.1 Å². The van der Waals surface area contributed by atoms with E-state index in [1.54, 1.807) is 6.33 Å². The van der Waals surface area contributed by atoms with Crippen molar-refractivity contribution in [3.8, 4) is 0 Å². The minimum atomic E-state index is 0.186. The average molecular weight is 281 g/mol. The summed E-state index contributed by atoms with van der Waals surface area (Å²) in [5.41, 5.74) is 0. The summed E-state index contributed by atoms with van der Waals surface area (Å²) in [6, 6.07) is 0.544. The van der Waals surface area contributed by atoms with Gasteiger partial charge in [-0.2, -0.15) is 5.10 Å². The van der Waals surface area contributed by atoms with Crippen LogP contribution >= 0.6 is 0 Å². The Bertz CT molecular complexity index is 387. The van der Waals surface area contributed by atoms with Crippen molar-refractivity contribution < 1.29 is 5.11 Å². The monoisotopic (exact) mass is 281 g/mol. The molecule has 1 aromatic rings. The number of aromatic nitrogens is 3. The van der Waals surface area contributed by atoms with Crippen molar-refractivity contribution >= 4 is 0 Å². The van der Waals surface area contributed by atoms with Crippen molar-refractivity contribution in [1.82, 2.24) is 25.0 Å². The van der Waals surface area contributed by atoms with Gasteiger partial charge in [0.05, 0.1) is 13.2 Å². The largest absolute Gasteiger partial charge is 0.395 e. The molecule has 6 heteroatoms. The Morgan fingerprint density at radius 3 is 3.05 bits per heavy atom. The highest BCUT2D eigenvalue weighted by Crippen LogP contribution is 2.10. The molecule has 114 valence electrons. The third-order valence-electron chi connectivity index (χ3n) is 3.66. The summed E-state index contributed by atoms with van der Waals surface area (Å²) in [5, 5.41) is 17.1. The average Bonchev–Trinajstić information content (AvgIpc) is 3.02. The molecule has 1 aliphatic rings. The number of hydrogen-bond donors (Lipinski definition) is 2. The van der Waals surface area contributed by atoms with Crippen LogP contribution < -0.4 is 5.32 Å². The Balaban J connectivity index is 1.94. The molecule has 0 spiro atoms. The summed E-state index contributed by atoms with van der Waals surface area (Å²) >= 11 is 0. The zero-order chi connectivity index (χ0) is 14.4. The number of nitrogens with one attached hydrogen (secondary N) is 1. The SMILES string of the molecule is CC(C)Cn1ncnc1CN(CCO)CC1CCCN1. The lowest BCUT2D eigenvalue weighted by atomic mass is 10.2. The lowest BCUT2D eigenvalue weighted by molar-refractivity contribution is 0.173. The van der Waals surface area contributed by atoms with E-state index in [9.17, 15) is 5.11 Å². The lowest BCUT2D eigenvalue weighted by Gasteiger charge is -2.24. The topological polar surface area (TPSA) is 66.2 Å². The zero-order valence-corrected chi connectivity index (χ0v) is 12.6. The number of rotatable bonds is 8. The Labute approximate surface area is 121 Å². The maximum atomic E-state index is 9.25. The van der Waals surface area contributed by atoms with E-state index in [4.69, 9.17) is 0 Å². The summed E-state index contributed by atoms with van der Waals surface area (Å²) in [7, 11) is 0. The van der Waals surface area contributed by atoms with E-state index in [0.29, 0.717) is 18.5 Å². The minimum absolute atomic E-state index is 0.186. The molecule has 2 rings (SSSR count). The second-order valence-electron chi connectivity index (χ2n) is 6.00. The first kappa shape index (κ1) is 15.4. The van der Waals surface area contributed by atoms with Gasteiger partial charge in [0.2, 0.25) is 0 Å². The van der Waals surface area contributed by atoms with Crippen LogP contribution in [-0.2, 0) is 13.1 Å². The van der Waals surface area contributed by atoms with Crippen molar-refractivity contribution in [2.24, 2.45) is 5.92 Å². The molecule has 20 heavy (non-hydrogen) atoms. The van der Waals surface area contributed by atoms with Gasteiger partial charge in [-0.25, -0.2) is 9.67 Å². The molecule has 1 saturated heterocycles. The van der Waals surface area contributed by atoms with Crippen molar-refractivity contribution in [3.63, 3.8) is 0 Å². The van der Waals surface area contributed by atoms with E-state index in [2.05, 4.69) is 34.1 Å². The molecule has 0 bridgehead atoms. The smallest absolute Gasteiger partial charge is 0.141 e. The van der Waals surface area contributed by atoms with Gasteiger partial charge < -0.3 is 10.4 Å². The molecule has 1 aromatic heterocycles. The van der Waals surface area contributed by atoms with Crippen molar-refractivity contribution in [3.05, 3.63) is 12.2 Å². The first-order valence-electron chi connectivity index (χ1n) is 7.62. The summed E-state index contributed by atoms with van der Waals surface area (Å²) < 4.78 is 1.98. The van der Waals surface area contributed by atoms with Gasteiger partial charge in [0.15, 0.2) is 0 Å². The number of aliphatic hydroxyl groups is 1. The van der Waals surface area contributed by atoms with Gasteiger partial charge in [-0.05, 0) is 25.3 Å². The number of aliphatic hydroxyl groups excluding tert-OH is 1. The highest BCUT2D eigenvalue weighted by Gasteiger charge is 2.19. The quantitative estimate of drug-likeness (QED) is 0.725. The van der Waals surface area contributed by atoms with Gasteiger partial charge in [-0.15, -0.1) is 0 Å². The molecule has 0 saturated carbocycles. The van der Waals surface area contributed by atoms with E-state index < -0.39 is 0 Å². The van der Waals surface area contributed by atoms with Gasteiger partial charge in [0.25, 0.3) is 0 Å². The fourth-order valence-electron chi connectivity index (χ4n) is 2.71. The van der Waals surface area contributed by atoms with Crippen LogP contribution in [0.3, 0.4) is 0 Å². The predicted octanol–water partition coefficient (Wildman–Crippen LogP) is 0.480. The molecule has 0 aliphatic carbocycles. The highest BCUT2D eigenvalue weighted by atomic mass is 16.3. The first-order valence-corrected chi connectivity index (χ1v) is 7.62. The normalized spacial score (nSPS) is 19.4. The summed E-state index contributed by atoms with van der Waals surface area (Å²) in [6.07, 6.45) is 4.10. The van der Waals surface area contributed by atoms with Crippen LogP contribution in [0.5, 0.6) is 0 Å². The number of nitrogens with zero attached hydrogens (tertiary/aromatic N) is 4. The molecule has 0 aromatic carbocycles. The molecule has 6 nitrogen and oxygen atoms in total. The third kappa shape index (κ3) is 4.54. The van der Waals surface area contributed by atoms with E-state index >= 15 is 0 Å². The van der Waals surface area contributed by atoms with Gasteiger partial charge in [-0.1, -0.05) is 13.8 Å². The molecule has 2 N–H and O–H groups in total. The summed E-state index contributed by atoms with van der Waals surface area (Å²) in [5.74, 6) is 1.54. The van der Waals surface area contributed by atoms with Crippen LogP contribution in [0, 0.1) is 5.92 Å². The fraction of sp³-hybridized carbons (Fsp3) is 0.857. The van der Waals surface area contributed by atoms with Gasteiger partial charge in [0, 0.05) is 25.7 Å².